The van der Waals surface area contributed by atoms with E-state index in [0.717, 1.165) is 28.8 Å². The molecule has 0 bridgehead atoms. The maximum absolute atomic E-state index is 5.77. The van der Waals surface area contributed by atoms with Gasteiger partial charge in [-0.2, -0.15) is 0 Å². The number of rotatable bonds is 3. The van der Waals surface area contributed by atoms with Crippen LogP contribution in [0.5, 0.6) is 0 Å². The Morgan fingerprint density at radius 1 is 1.58 bits per heavy atom. The van der Waals surface area contributed by atoms with E-state index in [1.165, 1.54) is 0 Å². The quantitative estimate of drug-likeness (QED) is 0.837. The SMILES string of the molecule is CCCNc1cncc(Br)c1N. The number of nitrogens with two attached hydrogens (primary N) is 1. The summed E-state index contributed by atoms with van der Waals surface area (Å²) >= 11 is 3.31. The van der Waals surface area contributed by atoms with E-state index in [9.17, 15) is 0 Å². The maximum atomic E-state index is 5.77. The van der Waals surface area contributed by atoms with E-state index in [-0.39, 0.29) is 0 Å². The van der Waals surface area contributed by atoms with Gasteiger partial charge in [0.2, 0.25) is 0 Å². The van der Waals surface area contributed by atoms with E-state index in [2.05, 4.69) is 33.2 Å². The monoisotopic (exact) mass is 229 g/mol. The molecular weight excluding hydrogens is 218 g/mol. The Morgan fingerprint density at radius 2 is 2.33 bits per heavy atom. The minimum absolute atomic E-state index is 0.721. The number of hydrogen-bond acceptors (Lipinski definition) is 3. The van der Waals surface area contributed by atoms with Gasteiger partial charge in [-0.3, -0.25) is 4.98 Å². The first-order chi connectivity index (χ1) is 5.75. The molecule has 0 aromatic carbocycles. The van der Waals surface area contributed by atoms with Gasteiger partial charge in [-0.25, -0.2) is 0 Å². The highest BCUT2D eigenvalue weighted by atomic mass is 79.9. The van der Waals surface area contributed by atoms with Crippen LogP contribution in [0, 0.1) is 0 Å². The summed E-state index contributed by atoms with van der Waals surface area (Å²) in [6.45, 7) is 3.02. The lowest BCUT2D eigenvalue weighted by molar-refractivity contribution is 0.978. The van der Waals surface area contributed by atoms with Gasteiger partial charge in [-0.05, 0) is 22.4 Å². The molecule has 12 heavy (non-hydrogen) atoms. The maximum Gasteiger partial charge on any atom is 0.0772 e. The first-order valence-corrected chi connectivity index (χ1v) is 4.68. The van der Waals surface area contributed by atoms with Crippen LogP contribution in [0.15, 0.2) is 16.9 Å². The molecule has 0 unspecified atom stereocenters. The molecule has 66 valence electrons. The fraction of sp³-hybridized carbons (Fsp3) is 0.375. The number of hydrogen-bond donors (Lipinski definition) is 2. The van der Waals surface area contributed by atoms with Crippen molar-refractivity contribution in [1.82, 2.24) is 4.98 Å². The number of nitrogens with zero attached hydrogens (tertiary/aromatic N) is 1. The fourth-order valence-corrected chi connectivity index (χ4v) is 1.18. The van der Waals surface area contributed by atoms with Gasteiger partial charge in [0.1, 0.15) is 0 Å². The fourth-order valence-electron chi connectivity index (χ4n) is 0.846. The van der Waals surface area contributed by atoms with Crippen LogP contribution in [0.25, 0.3) is 0 Å². The van der Waals surface area contributed by atoms with Crippen LogP contribution in [0.4, 0.5) is 11.4 Å². The van der Waals surface area contributed by atoms with Crippen LogP contribution in [-0.4, -0.2) is 11.5 Å². The lowest BCUT2D eigenvalue weighted by Crippen LogP contribution is -2.03. The normalized spacial score (nSPS) is 9.83. The van der Waals surface area contributed by atoms with Crippen LogP contribution < -0.4 is 11.1 Å². The Bertz CT molecular complexity index is 262. The Hall–Kier alpha value is -0.770. The van der Waals surface area contributed by atoms with E-state index in [4.69, 9.17) is 5.73 Å². The molecule has 0 aliphatic rings. The third-order valence-electron chi connectivity index (χ3n) is 1.50. The predicted octanol–water partition coefficient (Wildman–Crippen LogP) is 2.25. The number of halogens is 1. The van der Waals surface area contributed by atoms with Gasteiger partial charge in [-0.1, -0.05) is 6.92 Å². The molecule has 0 amide bonds. The van der Waals surface area contributed by atoms with E-state index in [1.54, 1.807) is 12.4 Å². The Balaban J connectivity index is 2.78. The highest BCUT2D eigenvalue weighted by Crippen LogP contribution is 2.25. The van der Waals surface area contributed by atoms with Gasteiger partial charge in [-0.15, -0.1) is 0 Å². The van der Waals surface area contributed by atoms with Gasteiger partial charge in [0.05, 0.1) is 22.0 Å². The number of nitrogen functional groups attached to an aromatic ring is 1. The predicted molar refractivity (Wildman–Crippen MR) is 55.1 cm³/mol. The Labute approximate surface area is 80.5 Å². The standard InChI is InChI=1S/C8H12BrN3/c1-2-3-12-7-5-11-4-6(9)8(7)10/h4-5,12H,2-3H2,1H3,(H2,10,11). The van der Waals surface area contributed by atoms with Crippen molar-refractivity contribution in [2.45, 2.75) is 13.3 Å². The zero-order valence-electron chi connectivity index (χ0n) is 6.97. The molecule has 1 heterocycles. The van der Waals surface area contributed by atoms with Crippen molar-refractivity contribution >= 4 is 27.3 Å². The second kappa shape index (κ2) is 4.30. The molecule has 3 nitrogen and oxygen atoms in total. The molecule has 0 atom stereocenters. The first-order valence-electron chi connectivity index (χ1n) is 3.88. The van der Waals surface area contributed by atoms with Crippen molar-refractivity contribution in [3.05, 3.63) is 16.9 Å². The second-order valence-electron chi connectivity index (χ2n) is 2.51. The van der Waals surface area contributed by atoms with Crippen molar-refractivity contribution < 1.29 is 0 Å². The summed E-state index contributed by atoms with van der Waals surface area (Å²) in [6, 6.07) is 0. The van der Waals surface area contributed by atoms with Crippen LogP contribution in [0.2, 0.25) is 0 Å². The largest absolute Gasteiger partial charge is 0.396 e. The summed E-state index contributed by atoms with van der Waals surface area (Å²) in [5.74, 6) is 0. The van der Waals surface area contributed by atoms with E-state index in [0.29, 0.717) is 0 Å². The molecule has 4 heteroatoms. The average molecular weight is 230 g/mol. The lowest BCUT2D eigenvalue weighted by Gasteiger charge is -2.07. The number of nitrogens with one attached hydrogen (secondary N) is 1. The summed E-state index contributed by atoms with van der Waals surface area (Å²) in [5, 5.41) is 3.19. The third-order valence-corrected chi connectivity index (χ3v) is 2.14. The zero-order chi connectivity index (χ0) is 8.97. The summed E-state index contributed by atoms with van der Waals surface area (Å²) in [6.07, 6.45) is 4.49. The van der Waals surface area contributed by atoms with Gasteiger partial charge in [0.15, 0.2) is 0 Å². The molecule has 0 aliphatic heterocycles. The second-order valence-corrected chi connectivity index (χ2v) is 3.36. The van der Waals surface area contributed by atoms with Crippen molar-refractivity contribution in [3.8, 4) is 0 Å². The molecule has 0 radical (unpaired) electrons. The van der Waals surface area contributed by atoms with Crippen LogP contribution in [0.1, 0.15) is 13.3 Å². The molecule has 0 spiro atoms. The van der Waals surface area contributed by atoms with Gasteiger partial charge < -0.3 is 11.1 Å². The molecule has 0 fully saturated rings. The highest BCUT2D eigenvalue weighted by molar-refractivity contribution is 9.10. The van der Waals surface area contributed by atoms with Crippen LogP contribution in [-0.2, 0) is 0 Å². The smallest absolute Gasteiger partial charge is 0.0772 e. The minimum Gasteiger partial charge on any atom is -0.396 e. The van der Waals surface area contributed by atoms with Crippen molar-refractivity contribution in [2.75, 3.05) is 17.6 Å². The Kier molecular flexibility index (Phi) is 3.34. The number of aromatic nitrogens is 1. The summed E-state index contributed by atoms with van der Waals surface area (Å²) in [7, 11) is 0. The zero-order valence-corrected chi connectivity index (χ0v) is 8.56. The van der Waals surface area contributed by atoms with Gasteiger partial charge in [0.25, 0.3) is 0 Å². The highest BCUT2D eigenvalue weighted by Gasteiger charge is 2.01. The van der Waals surface area contributed by atoms with Crippen molar-refractivity contribution in [2.24, 2.45) is 0 Å². The van der Waals surface area contributed by atoms with Crippen molar-refractivity contribution in [3.63, 3.8) is 0 Å². The summed E-state index contributed by atoms with van der Waals surface area (Å²) < 4.78 is 0.837. The first kappa shape index (κ1) is 9.32. The summed E-state index contributed by atoms with van der Waals surface area (Å²) in [5.41, 5.74) is 7.39. The molecule has 0 saturated carbocycles. The van der Waals surface area contributed by atoms with Crippen molar-refractivity contribution in [1.29, 1.82) is 0 Å². The molecule has 1 aromatic heterocycles. The minimum atomic E-state index is 0.721. The molecule has 1 rings (SSSR count). The molecule has 3 N–H and O–H groups in total. The van der Waals surface area contributed by atoms with Gasteiger partial charge in [0, 0.05) is 12.7 Å². The topological polar surface area (TPSA) is 50.9 Å². The van der Waals surface area contributed by atoms with Gasteiger partial charge >= 0.3 is 0 Å². The van der Waals surface area contributed by atoms with Crippen LogP contribution in [0.3, 0.4) is 0 Å². The molecular formula is C8H12BrN3. The number of anilines is 2. The number of pyridine rings is 1. The van der Waals surface area contributed by atoms with Crippen LogP contribution >= 0.6 is 15.9 Å². The third kappa shape index (κ3) is 2.11. The van der Waals surface area contributed by atoms with E-state index >= 15 is 0 Å². The lowest BCUT2D eigenvalue weighted by atomic mass is 10.3. The molecule has 0 aliphatic carbocycles. The molecule has 0 saturated heterocycles. The van der Waals surface area contributed by atoms with E-state index in [1.807, 2.05) is 0 Å². The Morgan fingerprint density at radius 3 is 3.00 bits per heavy atom. The summed E-state index contributed by atoms with van der Waals surface area (Å²) in [4.78, 5) is 4.01. The molecule has 1 aromatic rings. The van der Waals surface area contributed by atoms with E-state index < -0.39 is 0 Å². The average Bonchev–Trinajstić information content (AvgIpc) is 2.08.